The van der Waals surface area contributed by atoms with Crippen molar-refractivity contribution in [1.82, 2.24) is 0 Å². The molecule has 0 amide bonds. The molecule has 1 aromatic rings. The van der Waals surface area contributed by atoms with Crippen LogP contribution in [-0.4, -0.2) is 56.7 Å². The Bertz CT molecular complexity index is 1010. The van der Waals surface area contributed by atoms with Gasteiger partial charge in [0.15, 0.2) is 12.6 Å². The van der Waals surface area contributed by atoms with E-state index in [1.54, 1.807) is 0 Å². The Morgan fingerprint density at radius 3 is 2.51 bits per heavy atom. The van der Waals surface area contributed by atoms with E-state index in [4.69, 9.17) is 28.4 Å². The van der Waals surface area contributed by atoms with Gasteiger partial charge < -0.3 is 28.4 Å². The molecule has 1 aromatic carbocycles. The molecular formula is C28H34F3IO7. The zero-order chi connectivity index (χ0) is 27.4. The van der Waals surface area contributed by atoms with Gasteiger partial charge in [-0.1, -0.05) is 12.2 Å². The minimum absolute atomic E-state index is 0.00117. The molecule has 4 fully saturated rings. The fraction of sp³-hybridized carbons (Fsp3) is 0.679. The molecule has 0 radical (unpaired) electrons. The monoisotopic (exact) mass is 666 g/mol. The molecule has 39 heavy (non-hydrogen) atoms. The number of rotatable bonds is 9. The number of carbonyl (C=O) groups is 1. The summed E-state index contributed by atoms with van der Waals surface area (Å²) in [5.41, 5.74) is -0.769. The Morgan fingerprint density at radius 1 is 1.08 bits per heavy atom. The Labute approximate surface area is 239 Å². The molecule has 3 heterocycles. The minimum Gasteiger partial charge on any atom is -0.489 e. The Hall–Kier alpha value is -1.41. The first-order valence-electron chi connectivity index (χ1n) is 13.7. The molecule has 4 aliphatic rings. The van der Waals surface area contributed by atoms with E-state index in [1.807, 2.05) is 34.7 Å². The van der Waals surface area contributed by atoms with E-state index in [0.29, 0.717) is 29.6 Å². The van der Waals surface area contributed by atoms with Crippen LogP contribution in [0.25, 0.3) is 0 Å². The lowest BCUT2D eigenvalue weighted by molar-refractivity contribution is -0.194. The van der Waals surface area contributed by atoms with Crippen molar-refractivity contribution in [2.24, 2.45) is 11.8 Å². The van der Waals surface area contributed by atoms with Crippen molar-refractivity contribution in [3.05, 3.63) is 39.5 Å². The zero-order valence-electron chi connectivity index (χ0n) is 21.6. The molecular weight excluding hydrogens is 632 g/mol. The Morgan fingerprint density at radius 2 is 1.82 bits per heavy atom. The van der Waals surface area contributed by atoms with Gasteiger partial charge in [0.05, 0.1) is 21.7 Å². The second-order valence-corrected chi connectivity index (χ2v) is 11.7. The van der Waals surface area contributed by atoms with Gasteiger partial charge in [-0.2, -0.15) is 13.2 Å². The number of alkyl halides is 3. The Balaban J connectivity index is 1.31. The first-order valence-corrected chi connectivity index (χ1v) is 14.8. The third kappa shape index (κ3) is 7.66. The van der Waals surface area contributed by atoms with Crippen molar-refractivity contribution in [2.75, 3.05) is 19.8 Å². The van der Waals surface area contributed by atoms with Crippen molar-refractivity contribution >= 4 is 28.6 Å². The van der Waals surface area contributed by atoms with E-state index in [2.05, 4.69) is 0 Å². The fourth-order valence-electron chi connectivity index (χ4n) is 5.69. The molecule has 0 N–H and O–H groups in total. The lowest BCUT2D eigenvalue weighted by Crippen LogP contribution is -2.32. The second-order valence-electron chi connectivity index (χ2n) is 10.5. The summed E-state index contributed by atoms with van der Waals surface area (Å²) in [7, 11) is 0. The highest BCUT2D eigenvalue weighted by Crippen LogP contribution is 2.44. The zero-order valence-corrected chi connectivity index (χ0v) is 23.7. The molecule has 7 unspecified atom stereocenters. The van der Waals surface area contributed by atoms with Crippen LogP contribution in [0.4, 0.5) is 13.2 Å². The molecule has 0 aromatic heterocycles. The molecule has 3 aliphatic heterocycles. The van der Waals surface area contributed by atoms with Gasteiger partial charge >= 0.3 is 12.1 Å². The van der Waals surface area contributed by atoms with E-state index >= 15 is 0 Å². The van der Waals surface area contributed by atoms with E-state index in [0.717, 1.165) is 50.7 Å². The SMILES string of the molecule is O=C1CC2C(CC(OC3CCCCO3)C2C=CC(COc2cc(C(F)(F)F)ccc2I)OC2CCCCO2)O1. The van der Waals surface area contributed by atoms with Gasteiger partial charge in [-0.25, -0.2) is 0 Å². The van der Waals surface area contributed by atoms with Gasteiger partial charge in [-0.15, -0.1) is 0 Å². The van der Waals surface area contributed by atoms with E-state index in [-0.39, 0.29) is 48.7 Å². The number of hydrogen-bond donors (Lipinski definition) is 0. The van der Waals surface area contributed by atoms with E-state index in [1.165, 1.54) is 6.07 Å². The molecule has 11 heteroatoms. The summed E-state index contributed by atoms with van der Waals surface area (Å²) in [6, 6.07) is 3.44. The minimum atomic E-state index is -4.47. The molecule has 3 saturated heterocycles. The van der Waals surface area contributed by atoms with Gasteiger partial charge in [0.2, 0.25) is 0 Å². The van der Waals surface area contributed by atoms with Crippen LogP contribution >= 0.6 is 22.6 Å². The quantitative estimate of drug-likeness (QED) is 0.182. The third-order valence-corrected chi connectivity index (χ3v) is 8.58. The number of halogens is 4. The molecule has 7 atom stereocenters. The first-order chi connectivity index (χ1) is 18.8. The maximum Gasteiger partial charge on any atom is 0.416 e. The summed E-state index contributed by atoms with van der Waals surface area (Å²) in [4.78, 5) is 12.0. The second kappa shape index (κ2) is 13.1. The predicted octanol–water partition coefficient (Wildman–Crippen LogP) is 6.02. The van der Waals surface area contributed by atoms with E-state index < -0.39 is 24.1 Å². The van der Waals surface area contributed by atoms with Crippen LogP contribution in [0.3, 0.4) is 0 Å². The molecule has 7 nitrogen and oxygen atoms in total. The lowest BCUT2D eigenvalue weighted by atomic mass is 9.91. The average Bonchev–Trinajstić information content (AvgIpc) is 3.42. The summed E-state index contributed by atoms with van der Waals surface area (Å²) in [5, 5.41) is 0. The number of esters is 1. The smallest absolute Gasteiger partial charge is 0.416 e. The van der Waals surface area contributed by atoms with Crippen LogP contribution < -0.4 is 4.74 Å². The lowest BCUT2D eigenvalue weighted by Gasteiger charge is -2.29. The third-order valence-electron chi connectivity index (χ3n) is 7.69. The van der Waals surface area contributed by atoms with Gasteiger partial charge in [0.25, 0.3) is 0 Å². The van der Waals surface area contributed by atoms with Crippen molar-refractivity contribution in [2.45, 2.75) is 88.4 Å². The van der Waals surface area contributed by atoms with Crippen LogP contribution in [-0.2, 0) is 34.7 Å². The summed E-state index contributed by atoms with van der Waals surface area (Å²) >= 11 is 1.96. The van der Waals surface area contributed by atoms with Crippen LogP contribution in [0.5, 0.6) is 5.75 Å². The van der Waals surface area contributed by atoms with E-state index in [9.17, 15) is 18.0 Å². The van der Waals surface area contributed by atoms with Crippen molar-refractivity contribution in [3.63, 3.8) is 0 Å². The number of benzene rings is 1. The predicted molar refractivity (Wildman–Crippen MR) is 142 cm³/mol. The Kier molecular flexibility index (Phi) is 9.74. The van der Waals surface area contributed by atoms with Crippen molar-refractivity contribution < 1.29 is 46.4 Å². The highest BCUT2D eigenvalue weighted by atomic mass is 127. The van der Waals surface area contributed by atoms with Crippen molar-refractivity contribution in [1.29, 1.82) is 0 Å². The van der Waals surface area contributed by atoms with Crippen LogP contribution in [0.1, 0.15) is 56.9 Å². The maximum absolute atomic E-state index is 13.3. The van der Waals surface area contributed by atoms with Crippen molar-refractivity contribution in [3.8, 4) is 5.75 Å². The average molecular weight is 666 g/mol. The van der Waals surface area contributed by atoms with Crippen LogP contribution in [0.15, 0.2) is 30.4 Å². The van der Waals surface area contributed by atoms with Gasteiger partial charge in [-0.05, 0) is 79.3 Å². The molecule has 0 bridgehead atoms. The maximum atomic E-state index is 13.3. The molecule has 5 rings (SSSR count). The molecule has 0 spiro atoms. The molecule has 1 saturated carbocycles. The number of hydrogen-bond acceptors (Lipinski definition) is 7. The largest absolute Gasteiger partial charge is 0.489 e. The summed E-state index contributed by atoms with van der Waals surface area (Å²) < 4.78 is 75.9. The summed E-state index contributed by atoms with van der Waals surface area (Å²) in [5.74, 6) is -0.178. The highest BCUT2D eigenvalue weighted by molar-refractivity contribution is 14.1. The number of fused-ring (bicyclic) bond motifs is 1. The van der Waals surface area contributed by atoms with Gasteiger partial charge in [0, 0.05) is 31.5 Å². The van der Waals surface area contributed by atoms with Gasteiger partial charge in [-0.3, -0.25) is 4.79 Å². The number of ether oxygens (including phenoxy) is 6. The fourth-order valence-corrected chi connectivity index (χ4v) is 6.18. The van der Waals surface area contributed by atoms with Crippen LogP contribution in [0.2, 0.25) is 0 Å². The molecule has 216 valence electrons. The first kappa shape index (κ1) is 29.1. The highest BCUT2D eigenvalue weighted by Gasteiger charge is 2.50. The topological polar surface area (TPSA) is 72.5 Å². The molecule has 1 aliphatic carbocycles. The summed E-state index contributed by atoms with van der Waals surface area (Å²) in [6.07, 6.45) is 4.20. The normalized spacial score (nSPS) is 32.3. The van der Waals surface area contributed by atoms with Gasteiger partial charge in [0.1, 0.15) is 24.6 Å². The summed E-state index contributed by atoms with van der Waals surface area (Å²) in [6.45, 7) is 1.26. The van der Waals surface area contributed by atoms with Crippen LogP contribution in [0, 0.1) is 15.4 Å². The standard InChI is InChI=1S/C28H34F3IO7/c29-28(30,31)17-7-10-21(32)24(13-17)36-16-18(37-26-5-1-3-11-34-26)8-9-19-20-14-25(33)38-23(20)15-22(19)39-27-6-2-4-12-35-27/h7-10,13,18-20,22-23,26-27H,1-6,11-12,14-16H2. The number of carbonyl (C=O) groups excluding carboxylic acids is 1.